The number of hydrogen-bond acceptors (Lipinski definition) is 6. The lowest BCUT2D eigenvalue weighted by atomic mass is 10.2. The quantitative estimate of drug-likeness (QED) is 0.814. The van der Waals surface area contributed by atoms with Gasteiger partial charge in [0.25, 0.3) is 0 Å². The number of hydrogen-bond donors (Lipinski definition) is 1. The van der Waals surface area contributed by atoms with Crippen LogP contribution in [-0.2, 0) is 9.84 Å². The molecule has 1 aromatic carbocycles. The molecule has 0 bridgehead atoms. The van der Waals surface area contributed by atoms with Crippen molar-refractivity contribution in [3.63, 3.8) is 0 Å². The Morgan fingerprint density at radius 2 is 1.92 bits per heavy atom. The fraction of sp³-hybridized carbons (Fsp3) is 0.375. The lowest BCUT2D eigenvalue weighted by molar-refractivity contribution is 0.449. The molecule has 2 heterocycles. The predicted octanol–water partition coefficient (Wildman–Crippen LogP) is 2.57. The van der Waals surface area contributed by atoms with Gasteiger partial charge in [0, 0.05) is 24.8 Å². The molecule has 1 atom stereocenters. The molecular formula is C16H17F3N4O2S. The van der Waals surface area contributed by atoms with Crippen LogP contribution in [0.25, 0.3) is 0 Å². The molecule has 1 fully saturated rings. The average molecular weight is 386 g/mol. The number of sulfone groups is 1. The van der Waals surface area contributed by atoms with Gasteiger partial charge in [-0.15, -0.1) is 0 Å². The average Bonchev–Trinajstić information content (AvgIpc) is 2.94. The van der Waals surface area contributed by atoms with Crippen molar-refractivity contribution < 1.29 is 21.6 Å². The van der Waals surface area contributed by atoms with Crippen LogP contribution in [0.2, 0.25) is 0 Å². The third-order valence-electron chi connectivity index (χ3n) is 4.21. The number of nitrogens with zero attached hydrogens (tertiary/aromatic N) is 3. The summed E-state index contributed by atoms with van der Waals surface area (Å²) in [5.74, 6) is -3.63. The fourth-order valence-corrected chi connectivity index (χ4v) is 4.55. The van der Waals surface area contributed by atoms with Crippen molar-refractivity contribution in [3.05, 3.63) is 41.3 Å². The highest BCUT2D eigenvalue weighted by atomic mass is 32.2. The molecule has 1 aliphatic rings. The van der Waals surface area contributed by atoms with E-state index in [-0.39, 0.29) is 35.0 Å². The first-order valence-corrected chi connectivity index (χ1v) is 9.68. The molecule has 26 heavy (non-hydrogen) atoms. The SMILES string of the molecule is Cc1cc(Nc2ccc(F)c(F)c2F)nc(N(C)C2CCS(=O)(=O)C2)n1. The number of benzene rings is 1. The van der Waals surface area contributed by atoms with Crippen LogP contribution in [-0.4, -0.2) is 43.0 Å². The molecule has 1 N–H and O–H groups in total. The summed E-state index contributed by atoms with van der Waals surface area (Å²) in [5, 5.41) is 2.61. The largest absolute Gasteiger partial charge is 0.340 e. The molecule has 1 unspecified atom stereocenters. The topological polar surface area (TPSA) is 75.2 Å². The van der Waals surface area contributed by atoms with E-state index >= 15 is 0 Å². The number of halogens is 3. The summed E-state index contributed by atoms with van der Waals surface area (Å²) in [7, 11) is -1.39. The van der Waals surface area contributed by atoms with E-state index in [1.807, 2.05) is 0 Å². The summed E-state index contributed by atoms with van der Waals surface area (Å²) in [6, 6.07) is 3.14. The van der Waals surface area contributed by atoms with Crippen LogP contribution in [0.5, 0.6) is 0 Å². The fourth-order valence-electron chi connectivity index (χ4n) is 2.78. The van der Waals surface area contributed by atoms with Crippen LogP contribution in [0.1, 0.15) is 12.1 Å². The van der Waals surface area contributed by atoms with Crippen LogP contribution in [0, 0.1) is 24.4 Å². The molecule has 0 radical (unpaired) electrons. The van der Waals surface area contributed by atoms with E-state index in [4.69, 9.17) is 0 Å². The number of nitrogens with one attached hydrogen (secondary N) is 1. The molecule has 0 saturated carbocycles. The Hall–Kier alpha value is -2.36. The van der Waals surface area contributed by atoms with Gasteiger partial charge in [-0.3, -0.25) is 0 Å². The summed E-state index contributed by atoms with van der Waals surface area (Å²) in [5.41, 5.74) is 0.284. The lowest BCUT2D eigenvalue weighted by Crippen LogP contribution is -2.34. The summed E-state index contributed by atoms with van der Waals surface area (Å²) >= 11 is 0. The van der Waals surface area contributed by atoms with Crippen molar-refractivity contribution in [1.82, 2.24) is 9.97 Å². The lowest BCUT2D eigenvalue weighted by Gasteiger charge is -2.24. The second-order valence-electron chi connectivity index (χ2n) is 6.21. The van der Waals surface area contributed by atoms with Crippen LogP contribution in [0.4, 0.5) is 30.6 Å². The van der Waals surface area contributed by atoms with Gasteiger partial charge in [-0.1, -0.05) is 0 Å². The van der Waals surface area contributed by atoms with Crippen LogP contribution >= 0.6 is 0 Å². The van der Waals surface area contributed by atoms with Crippen molar-refractivity contribution in [3.8, 4) is 0 Å². The number of aromatic nitrogens is 2. The highest BCUT2D eigenvalue weighted by Gasteiger charge is 2.32. The number of aryl methyl sites for hydroxylation is 1. The van der Waals surface area contributed by atoms with E-state index in [2.05, 4.69) is 15.3 Å². The third kappa shape index (κ3) is 3.74. The first-order valence-electron chi connectivity index (χ1n) is 7.86. The van der Waals surface area contributed by atoms with Crippen LogP contribution < -0.4 is 10.2 Å². The maximum absolute atomic E-state index is 13.8. The zero-order valence-corrected chi connectivity index (χ0v) is 14.9. The van der Waals surface area contributed by atoms with Gasteiger partial charge in [0.1, 0.15) is 5.82 Å². The minimum atomic E-state index is -3.07. The van der Waals surface area contributed by atoms with E-state index in [9.17, 15) is 21.6 Å². The van der Waals surface area contributed by atoms with Gasteiger partial charge in [-0.25, -0.2) is 26.6 Å². The normalized spacial score (nSPS) is 18.7. The summed E-state index contributed by atoms with van der Waals surface area (Å²) in [6.45, 7) is 1.69. The minimum absolute atomic E-state index is 0.0152. The molecule has 0 spiro atoms. The third-order valence-corrected chi connectivity index (χ3v) is 5.96. The Balaban J connectivity index is 1.88. The molecule has 1 aromatic heterocycles. The van der Waals surface area contributed by atoms with E-state index in [0.29, 0.717) is 12.1 Å². The zero-order valence-electron chi connectivity index (χ0n) is 14.1. The van der Waals surface area contributed by atoms with Gasteiger partial charge >= 0.3 is 0 Å². The second-order valence-corrected chi connectivity index (χ2v) is 8.44. The Kier molecular flexibility index (Phi) is 4.78. The Bertz CT molecular complexity index is 953. The van der Waals surface area contributed by atoms with Crippen molar-refractivity contribution in [2.45, 2.75) is 19.4 Å². The molecule has 0 amide bonds. The van der Waals surface area contributed by atoms with Gasteiger partial charge in [-0.2, -0.15) is 4.98 Å². The maximum Gasteiger partial charge on any atom is 0.227 e. The molecule has 1 aliphatic heterocycles. The van der Waals surface area contributed by atoms with E-state index in [1.54, 1.807) is 18.9 Å². The van der Waals surface area contributed by atoms with Gasteiger partial charge < -0.3 is 10.2 Å². The van der Waals surface area contributed by atoms with Crippen molar-refractivity contribution >= 4 is 27.3 Å². The predicted molar refractivity (Wildman–Crippen MR) is 91.8 cm³/mol. The minimum Gasteiger partial charge on any atom is -0.340 e. The zero-order chi connectivity index (χ0) is 19.1. The monoisotopic (exact) mass is 386 g/mol. The molecule has 0 aliphatic carbocycles. The van der Waals surface area contributed by atoms with E-state index in [0.717, 1.165) is 12.1 Å². The smallest absolute Gasteiger partial charge is 0.227 e. The van der Waals surface area contributed by atoms with E-state index in [1.165, 1.54) is 6.07 Å². The molecule has 140 valence electrons. The van der Waals surface area contributed by atoms with Gasteiger partial charge in [0.15, 0.2) is 27.3 Å². The molecular weight excluding hydrogens is 369 g/mol. The second kappa shape index (κ2) is 6.75. The molecule has 2 aromatic rings. The Morgan fingerprint density at radius 1 is 1.19 bits per heavy atom. The summed E-state index contributed by atoms with van der Waals surface area (Å²) in [6.07, 6.45) is 0.469. The first kappa shape index (κ1) is 18.4. The summed E-state index contributed by atoms with van der Waals surface area (Å²) in [4.78, 5) is 10.2. The first-order chi connectivity index (χ1) is 12.2. The Morgan fingerprint density at radius 3 is 2.58 bits per heavy atom. The van der Waals surface area contributed by atoms with Crippen molar-refractivity contribution in [2.75, 3.05) is 28.8 Å². The molecule has 6 nitrogen and oxygen atoms in total. The molecule has 10 heteroatoms. The van der Waals surface area contributed by atoms with Crippen LogP contribution in [0.15, 0.2) is 18.2 Å². The standard InChI is InChI=1S/C16H17F3N4O2S/c1-9-7-13(21-12-4-3-11(17)14(18)15(12)19)22-16(20-9)23(2)10-5-6-26(24,25)8-10/h3-4,7,10H,5-6,8H2,1-2H3,(H,20,21,22). The molecule has 3 rings (SSSR count). The van der Waals surface area contributed by atoms with Crippen molar-refractivity contribution in [2.24, 2.45) is 0 Å². The highest BCUT2D eigenvalue weighted by molar-refractivity contribution is 7.91. The number of anilines is 3. The van der Waals surface area contributed by atoms with Gasteiger partial charge in [0.05, 0.1) is 17.2 Å². The van der Waals surface area contributed by atoms with Gasteiger partial charge in [0.2, 0.25) is 5.95 Å². The highest BCUT2D eigenvalue weighted by Crippen LogP contribution is 2.25. The molecule has 1 saturated heterocycles. The van der Waals surface area contributed by atoms with Gasteiger partial charge in [-0.05, 0) is 25.5 Å². The van der Waals surface area contributed by atoms with Crippen molar-refractivity contribution in [1.29, 1.82) is 0 Å². The van der Waals surface area contributed by atoms with E-state index < -0.39 is 27.3 Å². The van der Waals surface area contributed by atoms with Crippen LogP contribution in [0.3, 0.4) is 0 Å². The Labute approximate surface area is 149 Å². The summed E-state index contributed by atoms with van der Waals surface area (Å²) < 4.78 is 63.6. The number of rotatable bonds is 4. The maximum atomic E-state index is 13.8.